The molecule has 1 unspecified atom stereocenters. The van der Waals surface area contributed by atoms with Gasteiger partial charge in [-0.25, -0.2) is 18.0 Å². The molecule has 102 valence electrons. The molecule has 0 radical (unpaired) electrons. The quantitative estimate of drug-likeness (QED) is 0.609. The summed E-state index contributed by atoms with van der Waals surface area (Å²) < 4.78 is 44.2. The molecule has 1 heterocycles. The van der Waals surface area contributed by atoms with Gasteiger partial charge in [0.15, 0.2) is 17.5 Å². The van der Waals surface area contributed by atoms with Crippen LogP contribution in [0.2, 0.25) is 0 Å². The lowest BCUT2D eigenvalue weighted by Gasteiger charge is -2.23. The van der Waals surface area contributed by atoms with E-state index in [9.17, 15) is 22.8 Å². The zero-order valence-electron chi connectivity index (χ0n) is 9.95. The maximum Gasteiger partial charge on any atom is 0.328 e. The molecule has 0 aliphatic carbocycles. The number of rotatable bonds is 2. The Morgan fingerprint density at radius 2 is 2.00 bits per heavy atom. The highest BCUT2D eigenvalue weighted by molar-refractivity contribution is 6.02. The smallest absolute Gasteiger partial charge is 0.328 e. The third-order valence-corrected chi connectivity index (χ3v) is 2.96. The van der Waals surface area contributed by atoms with Crippen molar-refractivity contribution in [3.8, 4) is 0 Å². The largest absolute Gasteiger partial charge is 0.467 e. The van der Waals surface area contributed by atoms with Gasteiger partial charge in [-0.1, -0.05) is 0 Å². The Hall–Kier alpha value is -2.05. The summed E-state index contributed by atoms with van der Waals surface area (Å²) >= 11 is 0. The van der Waals surface area contributed by atoms with Crippen molar-refractivity contribution in [3.05, 3.63) is 29.6 Å². The Morgan fingerprint density at radius 1 is 1.32 bits per heavy atom. The summed E-state index contributed by atoms with van der Waals surface area (Å²) in [7, 11) is 1.13. The second kappa shape index (κ2) is 4.91. The molecule has 1 aliphatic heterocycles. The van der Waals surface area contributed by atoms with Crippen LogP contribution in [-0.4, -0.2) is 25.0 Å². The van der Waals surface area contributed by atoms with Crippen molar-refractivity contribution in [2.24, 2.45) is 0 Å². The first-order valence-corrected chi connectivity index (χ1v) is 5.50. The maximum atomic E-state index is 13.7. The second-order valence-electron chi connectivity index (χ2n) is 4.04. The molecule has 1 atom stereocenters. The topological polar surface area (TPSA) is 46.6 Å². The maximum absolute atomic E-state index is 13.7. The molecule has 0 aromatic heterocycles. The highest BCUT2D eigenvalue weighted by Gasteiger charge is 2.39. The molecule has 2 rings (SSSR count). The predicted octanol–water partition coefficient (Wildman–Crippen LogP) is 1.77. The fourth-order valence-electron chi connectivity index (χ4n) is 2.05. The Labute approximate surface area is 106 Å². The average molecular weight is 273 g/mol. The fraction of sp³-hybridized carbons (Fsp3) is 0.333. The van der Waals surface area contributed by atoms with E-state index in [1.54, 1.807) is 0 Å². The normalized spacial score (nSPS) is 18.8. The molecule has 0 bridgehead atoms. The van der Waals surface area contributed by atoms with Crippen LogP contribution in [0.4, 0.5) is 18.9 Å². The van der Waals surface area contributed by atoms with E-state index in [4.69, 9.17) is 0 Å². The lowest BCUT2D eigenvalue weighted by molar-refractivity contribution is -0.142. The Bertz CT molecular complexity index is 547. The number of hydrogen-bond acceptors (Lipinski definition) is 3. The van der Waals surface area contributed by atoms with E-state index in [1.807, 2.05) is 0 Å². The van der Waals surface area contributed by atoms with Gasteiger partial charge in [0.05, 0.1) is 12.8 Å². The molecule has 19 heavy (non-hydrogen) atoms. The van der Waals surface area contributed by atoms with Crippen LogP contribution >= 0.6 is 0 Å². The van der Waals surface area contributed by atoms with E-state index in [0.29, 0.717) is 6.07 Å². The molecule has 1 aromatic rings. The molecule has 1 aliphatic rings. The van der Waals surface area contributed by atoms with Crippen molar-refractivity contribution in [3.63, 3.8) is 0 Å². The molecule has 0 saturated carbocycles. The van der Waals surface area contributed by atoms with Gasteiger partial charge in [-0.2, -0.15) is 0 Å². The summed E-state index contributed by atoms with van der Waals surface area (Å²) in [5.41, 5.74) is -0.461. The molecular weight excluding hydrogens is 263 g/mol. The van der Waals surface area contributed by atoms with Gasteiger partial charge < -0.3 is 4.74 Å². The molecule has 7 heteroatoms. The third kappa shape index (κ3) is 2.16. The van der Waals surface area contributed by atoms with Gasteiger partial charge >= 0.3 is 5.97 Å². The van der Waals surface area contributed by atoms with Crippen molar-refractivity contribution < 1.29 is 27.5 Å². The molecule has 4 nitrogen and oxygen atoms in total. The van der Waals surface area contributed by atoms with Crippen LogP contribution < -0.4 is 4.90 Å². The van der Waals surface area contributed by atoms with E-state index < -0.39 is 41.1 Å². The first kappa shape index (κ1) is 13.4. The molecule has 0 spiro atoms. The number of amides is 1. The number of benzene rings is 1. The zero-order valence-corrected chi connectivity index (χ0v) is 9.95. The van der Waals surface area contributed by atoms with E-state index >= 15 is 0 Å². The van der Waals surface area contributed by atoms with E-state index in [2.05, 4.69) is 4.74 Å². The van der Waals surface area contributed by atoms with Crippen LogP contribution in [0.1, 0.15) is 12.8 Å². The van der Waals surface area contributed by atoms with Gasteiger partial charge in [0.25, 0.3) is 0 Å². The third-order valence-electron chi connectivity index (χ3n) is 2.96. The number of carbonyl (C=O) groups is 2. The van der Waals surface area contributed by atoms with Crippen LogP contribution in [0.15, 0.2) is 12.1 Å². The van der Waals surface area contributed by atoms with Crippen molar-refractivity contribution in [2.45, 2.75) is 18.9 Å². The van der Waals surface area contributed by atoms with E-state index in [-0.39, 0.29) is 12.8 Å². The summed E-state index contributed by atoms with van der Waals surface area (Å²) in [6, 6.07) is 0.609. The molecule has 1 saturated heterocycles. The predicted molar refractivity (Wildman–Crippen MR) is 58.8 cm³/mol. The number of hydrogen-bond donors (Lipinski definition) is 0. The van der Waals surface area contributed by atoms with Gasteiger partial charge in [0.2, 0.25) is 5.91 Å². The van der Waals surface area contributed by atoms with Crippen LogP contribution in [-0.2, 0) is 14.3 Å². The lowest BCUT2D eigenvalue weighted by Crippen LogP contribution is -2.40. The van der Waals surface area contributed by atoms with Crippen LogP contribution in [0, 0.1) is 17.5 Å². The Morgan fingerprint density at radius 3 is 2.63 bits per heavy atom. The van der Waals surface area contributed by atoms with E-state index in [0.717, 1.165) is 18.1 Å². The monoisotopic (exact) mass is 273 g/mol. The van der Waals surface area contributed by atoms with Crippen molar-refractivity contribution >= 4 is 17.6 Å². The molecule has 1 fully saturated rings. The summed E-state index contributed by atoms with van der Waals surface area (Å²) in [4.78, 5) is 24.0. The minimum absolute atomic E-state index is 0.0121. The zero-order chi connectivity index (χ0) is 14.2. The number of anilines is 1. The average Bonchev–Trinajstić information content (AvgIpc) is 2.77. The van der Waals surface area contributed by atoms with Crippen LogP contribution in [0.25, 0.3) is 0 Å². The molecular formula is C12H10F3NO3. The first-order chi connectivity index (χ1) is 8.97. The number of nitrogens with zero attached hydrogens (tertiary/aromatic N) is 1. The van der Waals surface area contributed by atoms with Crippen LogP contribution in [0.5, 0.6) is 0 Å². The number of methoxy groups -OCH3 is 1. The van der Waals surface area contributed by atoms with Gasteiger partial charge in [-0.15, -0.1) is 0 Å². The number of ether oxygens (including phenoxy) is 1. The van der Waals surface area contributed by atoms with Gasteiger partial charge in [-0.05, 0) is 18.6 Å². The Kier molecular flexibility index (Phi) is 3.46. The summed E-state index contributed by atoms with van der Waals surface area (Å²) in [5.74, 6) is -5.80. The second-order valence-corrected chi connectivity index (χ2v) is 4.04. The minimum Gasteiger partial charge on any atom is -0.467 e. The van der Waals surface area contributed by atoms with Gasteiger partial charge in [-0.3, -0.25) is 9.69 Å². The summed E-state index contributed by atoms with van der Waals surface area (Å²) in [5, 5.41) is 0. The number of carbonyl (C=O) groups excluding carboxylic acids is 2. The van der Waals surface area contributed by atoms with Crippen molar-refractivity contribution in [2.75, 3.05) is 12.0 Å². The summed E-state index contributed by atoms with van der Waals surface area (Å²) in [6.45, 7) is 0. The molecule has 1 aromatic carbocycles. The highest BCUT2D eigenvalue weighted by Crippen LogP contribution is 2.31. The van der Waals surface area contributed by atoms with Crippen LogP contribution in [0.3, 0.4) is 0 Å². The van der Waals surface area contributed by atoms with Crippen molar-refractivity contribution in [1.29, 1.82) is 0 Å². The molecule has 0 N–H and O–H groups in total. The summed E-state index contributed by atoms with van der Waals surface area (Å²) in [6.07, 6.45) is 0.155. The van der Waals surface area contributed by atoms with Crippen molar-refractivity contribution in [1.82, 2.24) is 0 Å². The number of esters is 1. The van der Waals surface area contributed by atoms with E-state index in [1.165, 1.54) is 0 Å². The fourth-order valence-corrected chi connectivity index (χ4v) is 2.05. The number of halogens is 3. The van der Waals surface area contributed by atoms with Gasteiger partial charge in [0, 0.05) is 6.42 Å². The highest BCUT2D eigenvalue weighted by atomic mass is 19.2. The van der Waals surface area contributed by atoms with Gasteiger partial charge in [0.1, 0.15) is 6.04 Å². The molecule has 1 amide bonds. The minimum atomic E-state index is -1.68. The standard InChI is InChI=1S/C12H10F3NO3/c1-19-12(18)8-4-5-9(17)16(8)7-3-2-6(13)10(14)11(7)15/h2-3,8H,4-5H2,1H3. The Balaban J connectivity index is 2.47. The first-order valence-electron chi connectivity index (χ1n) is 5.50. The SMILES string of the molecule is COC(=O)C1CCC(=O)N1c1ccc(F)c(F)c1F. The lowest BCUT2D eigenvalue weighted by atomic mass is 10.2.